The Labute approximate surface area is 124 Å². The van der Waals surface area contributed by atoms with E-state index in [-0.39, 0.29) is 6.61 Å². The molecule has 1 heterocycles. The summed E-state index contributed by atoms with van der Waals surface area (Å²) in [6.07, 6.45) is 18.4. The van der Waals surface area contributed by atoms with Crippen LogP contribution in [0.3, 0.4) is 0 Å². The molecule has 1 rings (SSSR count). The van der Waals surface area contributed by atoms with Gasteiger partial charge in [-0.25, -0.2) is 0 Å². The van der Waals surface area contributed by atoms with Gasteiger partial charge in [0.2, 0.25) is 0 Å². The van der Waals surface area contributed by atoms with E-state index in [2.05, 4.69) is 29.0 Å². The van der Waals surface area contributed by atoms with Crippen molar-refractivity contribution < 1.29 is 5.11 Å². The van der Waals surface area contributed by atoms with Gasteiger partial charge >= 0.3 is 0 Å². The second kappa shape index (κ2) is 12.1. The van der Waals surface area contributed by atoms with Gasteiger partial charge in [-0.2, -0.15) is 0 Å². The molecule has 0 radical (unpaired) electrons. The molecule has 1 atom stereocenters. The Morgan fingerprint density at radius 2 is 1.90 bits per heavy atom. The zero-order valence-corrected chi connectivity index (χ0v) is 13.1. The molecule has 1 unspecified atom stereocenters. The summed E-state index contributed by atoms with van der Waals surface area (Å²) in [4.78, 5) is 6.75. The summed E-state index contributed by atoms with van der Waals surface area (Å²) in [5.41, 5.74) is 0. The molecule has 0 saturated heterocycles. The first-order valence-corrected chi connectivity index (χ1v) is 8.40. The van der Waals surface area contributed by atoms with Crippen LogP contribution in [0.5, 0.6) is 0 Å². The number of unbranched alkanes of at least 4 members (excludes halogenated alkanes) is 6. The molecule has 0 amide bonds. The van der Waals surface area contributed by atoms with Gasteiger partial charge in [0.1, 0.15) is 6.17 Å². The molecule has 3 heteroatoms. The number of aliphatic hydroxyl groups excluding tert-OH is 1. The molecule has 0 aromatic rings. The van der Waals surface area contributed by atoms with Crippen LogP contribution in [-0.2, 0) is 0 Å². The van der Waals surface area contributed by atoms with Gasteiger partial charge in [-0.1, -0.05) is 44.8 Å². The maximum Gasteiger partial charge on any atom is 0.102 e. The third-order valence-corrected chi connectivity index (χ3v) is 3.88. The van der Waals surface area contributed by atoms with Crippen LogP contribution in [0, 0.1) is 0 Å². The molecule has 0 fully saturated rings. The molecule has 0 aromatic carbocycles. The number of rotatable bonds is 12. The van der Waals surface area contributed by atoms with E-state index in [1.807, 2.05) is 6.21 Å². The highest BCUT2D eigenvalue weighted by Gasteiger charge is 2.19. The Hall–Kier alpha value is -0.670. The molecule has 0 bridgehead atoms. The van der Waals surface area contributed by atoms with Gasteiger partial charge in [0, 0.05) is 19.3 Å². The van der Waals surface area contributed by atoms with Crippen LogP contribution >= 0.6 is 0 Å². The van der Waals surface area contributed by atoms with Crippen LogP contribution in [0.15, 0.2) is 17.1 Å². The normalized spacial score (nSPS) is 19.4. The molecule has 116 valence electrons. The van der Waals surface area contributed by atoms with Crippen LogP contribution < -0.4 is 0 Å². The van der Waals surface area contributed by atoms with Crippen molar-refractivity contribution in [2.45, 2.75) is 70.9 Å². The zero-order chi connectivity index (χ0) is 14.5. The summed E-state index contributed by atoms with van der Waals surface area (Å²) < 4.78 is 0. The van der Waals surface area contributed by atoms with Crippen LogP contribution in [0.25, 0.3) is 0 Å². The fourth-order valence-electron chi connectivity index (χ4n) is 2.62. The molecule has 20 heavy (non-hydrogen) atoms. The summed E-state index contributed by atoms with van der Waals surface area (Å²) in [6, 6.07) is 0. The van der Waals surface area contributed by atoms with Crippen molar-refractivity contribution in [3.05, 3.63) is 12.2 Å². The number of nitrogens with zero attached hydrogens (tertiary/aromatic N) is 2. The van der Waals surface area contributed by atoms with Crippen molar-refractivity contribution in [3.63, 3.8) is 0 Å². The topological polar surface area (TPSA) is 35.8 Å². The van der Waals surface area contributed by atoms with E-state index in [0.717, 1.165) is 19.5 Å². The van der Waals surface area contributed by atoms with Crippen LogP contribution in [0.2, 0.25) is 0 Å². The summed E-state index contributed by atoms with van der Waals surface area (Å²) in [5, 5.41) is 8.99. The number of aliphatic imine (C=N–C) groups is 1. The van der Waals surface area contributed by atoms with E-state index in [0.29, 0.717) is 6.17 Å². The predicted octanol–water partition coefficient (Wildman–Crippen LogP) is 3.78. The van der Waals surface area contributed by atoms with Crippen LogP contribution in [0.4, 0.5) is 0 Å². The maximum absolute atomic E-state index is 8.99. The van der Waals surface area contributed by atoms with Crippen LogP contribution in [-0.4, -0.2) is 42.1 Å². The highest BCUT2D eigenvalue weighted by Crippen LogP contribution is 2.15. The number of allylic oxidation sites excluding steroid dienone is 2. The molecule has 1 aliphatic rings. The first-order chi connectivity index (χ1) is 9.88. The Bertz CT molecular complexity index is 276. The lowest BCUT2D eigenvalue weighted by Crippen LogP contribution is -2.32. The molecule has 1 N–H and O–H groups in total. The van der Waals surface area contributed by atoms with Gasteiger partial charge in [0.05, 0.1) is 6.61 Å². The lowest BCUT2D eigenvalue weighted by Gasteiger charge is -2.21. The first-order valence-electron chi connectivity index (χ1n) is 8.40. The summed E-state index contributed by atoms with van der Waals surface area (Å²) in [6.45, 7) is 4.15. The summed E-state index contributed by atoms with van der Waals surface area (Å²) in [7, 11) is 0. The molecule has 0 saturated carbocycles. The highest BCUT2D eigenvalue weighted by molar-refractivity contribution is 5.62. The smallest absolute Gasteiger partial charge is 0.102 e. The standard InChI is InChI=1S/C17H32N2O/c1-2-3-4-5-6-7-8-9-10-11-12-17-18-13-14-19(17)15-16-20/h5-6,13,17,20H,2-4,7-12,14-16H2,1H3/b6-5+. The fourth-order valence-corrected chi connectivity index (χ4v) is 2.62. The molecular weight excluding hydrogens is 248 g/mol. The predicted molar refractivity (Wildman–Crippen MR) is 87.3 cm³/mol. The molecule has 0 aromatic heterocycles. The third-order valence-electron chi connectivity index (χ3n) is 3.88. The average Bonchev–Trinajstić information content (AvgIpc) is 2.89. The van der Waals surface area contributed by atoms with Gasteiger partial charge in [-0.3, -0.25) is 9.89 Å². The van der Waals surface area contributed by atoms with Gasteiger partial charge in [0.25, 0.3) is 0 Å². The van der Waals surface area contributed by atoms with Crippen LogP contribution in [0.1, 0.15) is 64.7 Å². The third kappa shape index (κ3) is 7.81. The quantitative estimate of drug-likeness (QED) is 0.436. The Morgan fingerprint density at radius 3 is 2.65 bits per heavy atom. The van der Waals surface area contributed by atoms with Gasteiger partial charge in [-0.05, 0) is 32.1 Å². The van der Waals surface area contributed by atoms with E-state index in [1.165, 1.54) is 51.4 Å². The van der Waals surface area contributed by atoms with Gasteiger partial charge in [0.15, 0.2) is 0 Å². The Kier molecular flexibility index (Phi) is 10.5. The largest absolute Gasteiger partial charge is 0.395 e. The molecular formula is C17H32N2O. The number of β-amino-alcohol motifs (C(OH)–C–C–N with tert-alkyl or cyclic N) is 1. The van der Waals surface area contributed by atoms with E-state index >= 15 is 0 Å². The second-order valence-corrected chi connectivity index (χ2v) is 5.64. The highest BCUT2D eigenvalue weighted by atomic mass is 16.3. The van der Waals surface area contributed by atoms with E-state index in [9.17, 15) is 0 Å². The first kappa shape index (κ1) is 17.4. The van der Waals surface area contributed by atoms with Crippen molar-refractivity contribution in [1.29, 1.82) is 0 Å². The van der Waals surface area contributed by atoms with E-state index in [1.54, 1.807) is 0 Å². The lowest BCUT2D eigenvalue weighted by molar-refractivity contribution is 0.176. The minimum atomic E-state index is 0.240. The average molecular weight is 280 g/mol. The van der Waals surface area contributed by atoms with Gasteiger partial charge in [-0.15, -0.1) is 0 Å². The summed E-state index contributed by atoms with van der Waals surface area (Å²) in [5.74, 6) is 0. The molecule has 1 aliphatic heterocycles. The summed E-state index contributed by atoms with van der Waals surface area (Å²) >= 11 is 0. The van der Waals surface area contributed by atoms with Crippen molar-refractivity contribution >= 4 is 6.21 Å². The minimum Gasteiger partial charge on any atom is -0.395 e. The fraction of sp³-hybridized carbons (Fsp3) is 0.824. The number of hydrogen-bond donors (Lipinski definition) is 1. The molecule has 0 aliphatic carbocycles. The maximum atomic E-state index is 8.99. The Balaban J connectivity index is 1.92. The lowest BCUT2D eigenvalue weighted by atomic mass is 10.1. The van der Waals surface area contributed by atoms with Crippen molar-refractivity contribution in [2.24, 2.45) is 4.99 Å². The zero-order valence-electron chi connectivity index (χ0n) is 13.1. The van der Waals surface area contributed by atoms with E-state index < -0.39 is 0 Å². The Morgan fingerprint density at radius 1 is 1.15 bits per heavy atom. The van der Waals surface area contributed by atoms with Crippen molar-refractivity contribution in [2.75, 3.05) is 19.7 Å². The minimum absolute atomic E-state index is 0.240. The second-order valence-electron chi connectivity index (χ2n) is 5.64. The SMILES string of the molecule is CCCC/C=C/CCCCCCC1N=CCN1CCO. The van der Waals surface area contributed by atoms with Crippen molar-refractivity contribution in [1.82, 2.24) is 4.90 Å². The van der Waals surface area contributed by atoms with E-state index in [4.69, 9.17) is 5.11 Å². The monoisotopic (exact) mass is 280 g/mol. The number of hydrogen-bond acceptors (Lipinski definition) is 3. The number of aliphatic hydroxyl groups is 1. The van der Waals surface area contributed by atoms with Crippen molar-refractivity contribution in [3.8, 4) is 0 Å². The van der Waals surface area contributed by atoms with Gasteiger partial charge < -0.3 is 5.11 Å². The molecule has 3 nitrogen and oxygen atoms in total. The molecule has 0 spiro atoms.